The lowest BCUT2D eigenvalue weighted by Gasteiger charge is -2.44. The summed E-state index contributed by atoms with van der Waals surface area (Å²) in [4.78, 5) is 36.1. The molecule has 2 atom stereocenters. The number of amides is 2. The van der Waals surface area contributed by atoms with E-state index < -0.39 is 29.2 Å². The molecule has 146 valence electrons. The van der Waals surface area contributed by atoms with Gasteiger partial charge in [-0.15, -0.1) is 11.6 Å². The highest BCUT2D eigenvalue weighted by Crippen LogP contribution is 2.41. The molecule has 0 bridgehead atoms. The van der Waals surface area contributed by atoms with E-state index in [4.69, 9.17) is 16.3 Å². The Bertz CT molecular complexity index is 900. The van der Waals surface area contributed by atoms with Crippen molar-refractivity contribution in [2.24, 2.45) is 0 Å². The van der Waals surface area contributed by atoms with Gasteiger partial charge in [0, 0.05) is 11.1 Å². The number of hydrogen-bond donors (Lipinski definition) is 1. The summed E-state index contributed by atoms with van der Waals surface area (Å²) in [5.74, 6) is -0.998. The molecule has 1 heterocycles. The van der Waals surface area contributed by atoms with E-state index in [0.717, 1.165) is 5.56 Å². The number of benzene rings is 2. The number of ether oxygens (including phenoxy) is 2. The summed E-state index contributed by atoms with van der Waals surface area (Å²) in [6.45, 7) is 1.64. The molecular weight excluding hydrogens is 384 g/mol. The summed E-state index contributed by atoms with van der Waals surface area (Å²) < 4.78 is 10.1. The Balaban J connectivity index is 1.79. The van der Waals surface area contributed by atoms with Gasteiger partial charge in [-0.1, -0.05) is 35.9 Å². The van der Waals surface area contributed by atoms with Crippen LogP contribution in [0.5, 0.6) is 5.75 Å². The standard InChI is InChI=1S/C20H19ClN2O5/c1-12-7-9-13(10-8-12)19(25)22-23-18(17(21)20(23)26)14-5-3-4-6-15(14)28-11-16(24)27-2/h3-10,17-18H,11H2,1-2H3,(H,22,25). The lowest BCUT2D eigenvalue weighted by molar-refractivity contribution is -0.150. The van der Waals surface area contributed by atoms with E-state index in [-0.39, 0.29) is 6.61 Å². The zero-order chi connectivity index (χ0) is 20.3. The second-order valence-electron chi connectivity index (χ2n) is 6.26. The van der Waals surface area contributed by atoms with Crippen molar-refractivity contribution in [1.82, 2.24) is 10.4 Å². The van der Waals surface area contributed by atoms with Crippen molar-refractivity contribution >= 4 is 29.4 Å². The van der Waals surface area contributed by atoms with Crippen molar-refractivity contribution in [2.45, 2.75) is 18.3 Å². The number of carbonyl (C=O) groups excluding carboxylic acids is 3. The molecule has 8 heteroatoms. The van der Waals surface area contributed by atoms with E-state index in [2.05, 4.69) is 10.2 Å². The first-order valence-corrected chi connectivity index (χ1v) is 8.99. The maximum Gasteiger partial charge on any atom is 0.343 e. The fourth-order valence-electron chi connectivity index (χ4n) is 2.81. The maximum atomic E-state index is 12.5. The van der Waals surface area contributed by atoms with E-state index in [0.29, 0.717) is 16.9 Å². The Morgan fingerprint density at radius 2 is 1.82 bits per heavy atom. The van der Waals surface area contributed by atoms with Crippen LogP contribution in [-0.2, 0) is 14.3 Å². The predicted molar refractivity (Wildman–Crippen MR) is 102 cm³/mol. The first-order valence-electron chi connectivity index (χ1n) is 8.55. The van der Waals surface area contributed by atoms with Crippen molar-refractivity contribution in [2.75, 3.05) is 13.7 Å². The summed E-state index contributed by atoms with van der Waals surface area (Å²) in [6.07, 6.45) is 0. The smallest absolute Gasteiger partial charge is 0.343 e. The van der Waals surface area contributed by atoms with Crippen LogP contribution in [0.15, 0.2) is 48.5 Å². The SMILES string of the molecule is COC(=O)COc1ccccc1C1C(Cl)C(=O)N1NC(=O)c1ccc(C)cc1. The summed E-state index contributed by atoms with van der Waals surface area (Å²) in [7, 11) is 1.26. The van der Waals surface area contributed by atoms with Gasteiger partial charge in [0.25, 0.3) is 11.8 Å². The minimum atomic E-state index is -0.860. The van der Waals surface area contributed by atoms with Crippen LogP contribution in [0.4, 0.5) is 0 Å². The van der Waals surface area contributed by atoms with Crippen molar-refractivity contribution in [3.63, 3.8) is 0 Å². The lowest BCUT2D eigenvalue weighted by Crippen LogP contribution is -2.63. The number of halogens is 1. The van der Waals surface area contributed by atoms with Crippen LogP contribution < -0.4 is 10.2 Å². The normalized spacial score (nSPS) is 18.2. The Labute approximate surface area is 167 Å². The molecule has 2 aromatic rings. The first-order chi connectivity index (χ1) is 13.4. The van der Waals surface area contributed by atoms with Crippen LogP contribution in [0, 0.1) is 6.92 Å². The number of nitrogens with zero attached hydrogens (tertiary/aromatic N) is 1. The lowest BCUT2D eigenvalue weighted by atomic mass is 9.94. The molecule has 1 fully saturated rings. The second kappa shape index (κ2) is 8.31. The van der Waals surface area contributed by atoms with Crippen LogP contribution in [0.2, 0.25) is 0 Å². The molecule has 0 saturated carbocycles. The number of methoxy groups -OCH3 is 1. The molecule has 2 unspecified atom stereocenters. The van der Waals surface area contributed by atoms with Crippen molar-refractivity contribution in [3.05, 3.63) is 65.2 Å². The maximum absolute atomic E-state index is 12.5. The number of carbonyl (C=O) groups is 3. The number of nitrogens with one attached hydrogen (secondary N) is 1. The number of hydrazine groups is 1. The van der Waals surface area contributed by atoms with Crippen molar-refractivity contribution < 1.29 is 23.9 Å². The highest BCUT2D eigenvalue weighted by molar-refractivity contribution is 6.33. The zero-order valence-corrected chi connectivity index (χ0v) is 16.1. The quantitative estimate of drug-likeness (QED) is 0.455. The Morgan fingerprint density at radius 1 is 1.14 bits per heavy atom. The van der Waals surface area contributed by atoms with Crippen LogP contribution >= 0.6 is 11.6 Å². The molecule has 28 heavy (non-hydrogen) atoms. The third-order valence-corrected chi connectivity index (χ3v) is 4.80. The van der Waals surface area contributed by atoms with Gasteiger partial charge in [-0.2, -0.15) is 0 Å². The van der Waals surface area contributed by atoms with Crippen LogP contribution in [-0.4, -0.2) is 41.9 Å². The molecule has 0 aliphatic carbocycles. The van der Waals surface area contributed by atoms with Gasteiger partial charge in [0.05, 0.1) is 7.11 Å². The average molecular weight is 403 g/mol. The number of alkyl halides is 1. The van der Waals surface area contributed by atoms with Crippen molar-refractivity contribution in [3.8, 4) is 5.75 Å². The number of aryl methyl sites for hydroxylation is 1. The molecule has 2 amide bonds. The van der Waals surface area contributed by atoms with Gasteiger partial charge < -0.3 is 9.47 Å². The molecule has 0 aromatic heterocycles. The monoisotopic (exact) mass is 402 g/mol. The largest absolute Gasteiger partial charge is 0.482 e. The average Bonchev–Trinajstić information content (AvgIpc) is 2.72. The fraction of sp³-hybridized carbons (Fsp3) is 0.250. The third-order valence-electron chi connectivity index (χ3n) is 4.38. The second-order valence-corrected chi connectivity index (χ2v) is 6.73. The number of rotatable bonds is 6. The number of para-hydroxylation sites is 1. The topological polar surface area (TPSA) is 84.9 Å². The van der Waals surface area contributed by atoms with E-state index in [1.54, 1.807) is 36.4 Å². The van der Waals surface area contributed by atoms with Gasteiger partial charge >= 0.3 is 5.97 Å². The minimum Gasteiger partial charge on any atom is -0.482 e. The van der Waals surface area contributed by atoms with E-state index in [1.807, 2.05) is 19.1 Å². The highest BCUT2D eigenvalue weighted by Gasteiger charge is 2.49. The number of esters is 1. The molecule has 1 aliphatic heterocycles. The summed E-state index contributed by atoms with van der Waals surface area (Å²) >= 11 is 6.22. The molecule has 0 spiro atoms. The van der Waals surface area contributed by atoms with Gasteiger partial charge in [-0.25, -0.2) is 9.80 Å². The zero-order valence-electron chi connectivity index (χ0n) is 15.3. The summed E-state index contributed by atoms with van der Waals surface area (Å²) in [5, 5.41) is 0.321. The van der Waals surface area contributed by atoms with E-state index >= 15 is 0 Å². The van der Waals surface area contributed by atoms with Gasteiger partial charge in [0.1, 0.15) is 17.2 Å². The van der Waals surface area contributed by atoms with Crippen LogP contribution in [0.1, 0.15) is 27.5 Å². The Hall–Kier alpha value is -3.06. The van der Waals surface area contributed by atoms with Gasteiger partial charge in [-0.05, 0) is 25.1 Å². The minimum absolute atomic E-state index is 0.281. The molecule has 0 radical (unpaired) electrons. The fourth-order valence-corrected chi connectivity index (χ4v) is 3.16. The van der Waals surface area contributed by atoms with Crippen LogP contribution in [0.3, 0.4) is 0 Å². The first kappa shape index (κ1) is 19.7. The molecule has 7 nitrogen and oxygen atoms in total. The summed E-state index contributed by atoms with van der Waals surface area (Å²) in [6, 6.07) is 13.2. The van der Waals surface area contributed by atoms with Crippen LogP contribution in [0.25, 0.3) is 0 Å². The molecule has 2 aromatic carbocycles. The predicted octanol–water partition coefficient (Wildman–Crippen LogP) is 2.38. The third kappa shape index (κ3) is 3.94. The van der Waals surface area contributed by atoms with Gasteiger partial charge in [0.15, 0.2) is 6.61 Å². The highest BCUT2D eigenvalue weighted by atomic mass is 35.5. The summed E-state index contributed by atoms with van der Waals surface area (Å²) in [5.41, 5.74) is 4.62. The Kier molecular flexibility index (Phi) is 5.84. The molecular formula is C20H19ClN2O5. The number of β-lactam (4-membered cyclic amide) rings is 1. The number of hydrogen-bond acceptors (Lipinski definition) is 5. The van der Waals surface area contributed by atoms with E-state index in [9.17, 15) is 14.4 Å². The van der Waals surface area contributed by atoms with Gasteiger partial charge in [0.2, 0.25) is 0 Å². The molecule has 1 N–H and O–H groups in total. The van der Waals surface area contributed by atoms with Gasteiger partial charge in [-0.3, -0.25) is 15.0 Å². The van der Waals surface area contributed by atoms with E-state index in [1.165, 1.54) is 12.1 Å². The molecule has 3 rings (SSSR count). The Morgan fingerprint density at radius 3 is 2.50 bits per heavy atom. The van der Waals surface area contributed by atoms with Crippen molar-refractivity contribution in [1.29, 1.82) is 0 Å². The molecule has 1 aliphatic rings. The molecule has 1 saturated heterocycles.